The molecule has 2 N–H and O–H groups in total. The molecule has 0 heterocycles. The van der Waals surface area contributed by atoms with Gasteiger partial charge in [-0.3, -0.25) is 4.79 Å². The molecular formula is C21H20N2O3. The van der Waals surface area contributed by atoms with Gasteiger partial charge in [0.15, 0.2) is 6.61 Å². The third-order valence-corrected chi connectivity index (χ3v) is 4.09. The van der Waals surface area contributed by atoms with Crippen molar-refractivity contribution in [2.75, 3.05) is 6.61 Å². The molecule has 132 valence electrons. The maximum Gasteiger partial charge on any atom is 0.277 e. The van der Waals surface area contributed by atoms with Gasteiger partial charge in [0.2, 0.25) is 0 Å². The number of carbonyl (C=O) groups is 1. The Balaban J connectivity index is 1.66. The van der Waals surface area contributed by atoms with Gasteiger partial charge in [0.25, 0.3) is 5.91 Å². The summed E-state index contributed by atoms with van der Waals surface area (Å²) in [5.41, 5.74) is 4.93. The number of aromatic hydroxyl groups is 1. The summed E-state index contributed by atoms with van der Waals surface area (Å²) >= 11 is 0. The summed E-state index contributed by atoms with van der Waals surface area (Å²) in [7, 11) is 0. The number of fused-ring (bicyclic) bond motifs is 1. The molecule has 3 rings (SSSR count). The van der Waals surface area contributed by atoms with Crippen LogP contribution in [0.3, 0.4) is 0 Å². The van der Waals surface area contributed by atoms with Gasteiger partial charge in [0.05, 0.1) is 6.21 Å². The van der Waals surface area contributed by atoms with E-state index in [2.05, 4.69) is 10.5 Å². The Morgan fingerprint density at radius 2 is 1.81 bits per heavy atom. The quantitative estimate of drug-likeness (QED) is 0.546. The first-order valence-electron chi connectivity index (χ1n) is 8.28. The van der Waals surface area contributed by atoms with Crippen molar-refractivity contribution in [1.82, 2.24) is 5.43 Å². The zero-order valence-electron chi connectivity index (χ0n) is 14.7. The number of hydrogen-bond donors (Lipinski definition) is 2. The lowest BCUT2D eigenvalue weighted by atomic mass is 10.0. The number of ether oxygens (including phenoxy) is 1. The van der Waals surface area contributed by atoms with Crippen LogP contribution in [0.4, 0.5) is 0 Å². The third-order valence-electron chi connectivity index (χ3n) is 4.09. The molecule has 0 aliphatic carbocycles. The lowest BCUT2D eigenvalue weighted by Crippen LogP contribution is -2.25. The molecular weight excluding hydrogens is 328 g/mol. The van der Waals surface area contributed by atoms with E-state index in [0.717, 1.165) is 21.9 Å². The lowest BCUT2D eigenvalue weighted by molar-refractivity contribution is -0.123. The highest BCUT2D eigenvalue weighted by molar-refractivity contribution is 6.02. The maximum absolute atomic E-state index is 12.0. The van der Waals surface area contributed by atoms with Crippen molar-refractivity contribution in [1.29, 1.82) is 0 Å². The van der Waals surface area contributed by atoms with Crippen molar-refractivity contribution in [2.45, 2.75) is 13.8 Å². The van der Waals surface area contributed by atoms with E-state index in [9.17, 15) is 9.90 Å². The minimum atomic E-state index is -0.372. The van der Waals surface area contributed by atoms with Crippen LogP contribution in [-0.2, 0) is 4.79 Å². The fourth-order valence-electron chi connectivity index (χ4n) is 2.79. The van der Waals surface area contributed by atoms with Crippen molar-refractivity contribution in [3.8, 4) is 11.5 Å². The van der Waals surface area contributed by atoms with Gasteiger partial charge in [-0.25, -0.2) is 5.43 Å². The van der Waals surface area contributed by atoms with E-state index in [1.807, 2.05) is 62.4 Å². The minimum absolute atomic E-state index is 0.105. The number of phenols is 1. The number of benzene rings is 3. The van der Waals surface area contributed by atoms with Crippen LogP contribution in [-0.4, -0.2) is 23.8 Å². The first-order valence-corrected chi connectivity index (χ1v) is 8.28. The van der Waals surface area contributed by atoms with Crippen molar-refractivity contribution in [2.24, 2.45) is 5.10 Å². The van der Waals surface area contributed by atoms with E-state index in [0.29, 0.717) is 11.3 Å². The molecule has 0 radical (unpaired) electrons. The molecule has 0 saturated heterocycles. The second-order valence-corrected chi connectivity index (χ2v) is 6.02. The molecule has 26 heavy (non-hydrogen) atoms. The van der Waals surface area contributed by atoms with Gasteiger partial charge < -0.3 is 9.84 Å². The molecule has 0 fully saturated rings. The molecule has 3 aromatic carbocycles. The molecule has 0 unspecified atom stereocenters. The predicted molar refractivity (Wildman–Crippen MR) is 103 cm³/mol. The summed E-state index contributed by atoms with van der Waals surface area (Å²) in [6.45, 7) is 3.73. The van der Waals surface area contributed by atoms with Gasteiger partial charge in [-0.15, -0.1) is 0 Å². The van der Waals surface area contributed by atoms with E-state index >= 15 is 0 Å². The maximum atomic E-state index is 12.0. The topological polar surface area (TPSA) is 70.9 Å². The number of rotatable bonds is 5. The molecule has 0 spiro atoms. The van der Waals surface area contributed by atoms with Gasteiger partial charge in [0, 0.05) is 5.56 Å². The average molecular weight is 348 g/mol. The van der Waals surface area contributed by atoms with Gasteiger partial charge in [-0.1, -0.05) is 48.5 Å². The minimum Gasteiger partial charge on any atom is -0.507 e. The standard InChI is InChI=1S/C21H20N2O3/c1-14-6-5-7-15(2)21(14)26-13-20(25)23-22-12-18-17-9-4-3-8-16(17)10-11-19(18)24/h3-12,24H,13H2,1-2H3,(H,23,25)/b22-12-. The number of nitrogens with one attached hydrogen (secondary N) is 1. The fraction of sp³-hybridized carbons (Fsp3) is 0.143. The van der Waals surface area contributed by atoms with Gasteiger partial charge in [-0.05, 0) is 41.8 Å². The molecule has 0 aromatic heterocycles. The van der Waals surface area contributed by atoms with E-state index in [4.69, 9.17) is 4.74 Å². The molecule has 0 aliphatic heterocycles. The monoisotopic (exact) mass is 348 g/mol. The molecule has 1 amide bonds. The van der Waals surface area contributed by atoms with Crippen LogP contribution in [0, 0.1) is 13.8 Å². The predicted octanol–water partition coefficient (Wildman–Crippen LogP) is 3.69. The zero-order chi connectivity index (χ0) is 18.5. The average Bonchev–Trinajstić information content (AvgIpc) is 2.63. The lowest BCUT2D eigenvalue weighted by Gasteiger charge is -2.10. The summed E-state index contributed by atoms with van der Waals surface area (Å²) < 4.78 is 5.59. The zero-order valence-corrected chi connectivity index (χ0v) is 14.7. The first kappa shape index (κ1) is 17.5. The number of carbonyl (C=O) groups excluding carboxylic acids is 1. The summed E-state index contributed by atoms with van der Waals surface area (Å²) in [6.07, 6.45) is 1.44. The number of para-hydroxylation sites is 1. The van der Waals surface area contributed by atoms with Crippen LogP contribution in [0.15, 0.2) is 59.7 Å². The van der Waals surface area contributed by atoms with Crippen LogP contribution in [0.2, 0.25) is 0 Å². The molecule has 3 aromatic rings. The van der Waals surface area contributed by atoms with Crippen LogP contribution in [0.5, 0.6) is 11.5 Å². The van der Waals surface area contributed by atoms with E-state index in [1.54, 1.807) is 6.07 Å². The molecule has 5 heteroatoms. The molecule has 0 bridgehead atoms. The normalized spacial score (nSPS) is 11.0. The number of aryl methyl sites for hydroxylation is 2. The summed E-state index contributed by atoms with van der Waals surface area (Å²) in [5, 5.41) is 15.8. The number of phenolic OH excluding ortho intramolecular Hbond substituents is 1. The molecule has 0 saturated carbocycles. The SMILES string of the molecule is Cc1cccc(C)c1OCC(=O)N/N=C\c1c(O)ccc2ccccc12. The number of hydrogen-bond acceptors (Lipinski definition) is 4. The second kappa shape index (κ2) is 7.70. The summed E-state index contributed by atoms with van der Waals surface area (Å²) in [5.74, 6) is 0.440. The molecule has 5 nitrogen and oxygen atoms in total. The third kappa shape index (κ3) is 3.83. The molecule has 0 atom stereocenters. The van der Waals surface area contributed by atoms with E-state index in [-0.39, 0.29) is 18.3 Å². The Hall–Kier alpha value is -3.34. The van der Waals surface area contributed by atoms with Gasteiger partial charge in [0.1, 0.15) is 11.5 Å². The largest absolute Gasteiger partial charge is 0.507 e. The Kier molecular flexibility index (Phi) is 5.17. The Morgan fingerprint density at radius 3 is 2.58 bits per heavy atom. The summed E-state index contributed by atoms with van der Waals surface area (Å²) in [6, 6.07) is 16.9. The van der Waals surface area contributed by atoms with Gasteiger partial charge in [-0.2, -0.15) is 5.10 Å². The van der Waals surface area contributed by atoms with Crippen LogP contribution < -0.4 is 10.2 Å². The highest BCUT2D eigenvalue weighted by Gasteiger charge is 2.07. The molecule has 0 aliphatic rings. The number of nitrogens with zero attached hydrogens (tertiary/aromatic N) is 1. The second-order valence-electron chi connectivity index (χ2n) is 6.02. The van der Waals surface area contributed by atoms with Crippen LogP contribution in [0.25, 0.3) is 10.8 Å². The van der Waals surface area contributed by atoms with Crippen molar-refractivity contribution < 1.29 is 14.6 Å². The van der Waals surface area contributed by atoms with Crippen molar-refractivity contribution in [3.63, 3.8) is 0 Å². The van der Waals surface area contributed by atoms with Crippen molar-refractivity contribution >= 4 is 22.9 Å². The Labute approximate surface area is 151 Å². The smallest absolute Gasteiger partial charge is 0.277 e. The number of amides is 1. The highest BCUT2D eigenvalue weighted by atomic mass is 16.5. The summed E-state index contributed by atoms with van der Waals surface area (Å²) in [4.78, 5) is 12.0. The van der Waals surface area contributed by atoms with Gasteiger partial charge >= 0.3 is 0 Å². The van der Waals surface area contributed by atoms with E-state index < -0.39 is 0 Å². The highest BCUT2D eigenvalue weighted by Crippen LogP contribution is 2.25. The Bertz CT molecular complexity index is 960. The first-order chi connectivity index (χ1) is 12.6. The Morgan fingerprint density at radius 1 is 1.08 bits per heavy atom. The fourth-order valence-corrected chi connectivity index (χ4v) is 2.79. The van der Waals surface area contributed by atoms with Crippen LogP contribution >= 0.6 is 0 Å². The van der Waals surface area contributed by atoms with Crippen LogP contribution in [0.1, 0.15) is 16.7 Å². The van der Waals surface area contributed by atoms with Crippen molar-refractivity contribution in [3.05, 3.63) is 71.3 Å². The number of hydrazone groups is 1. The van der Waals surface area contributed by atoms with E-state index in [1.165, 1.54) is 6.21 Å².